The lowest BCUT2D eigenvalue weighted by molar-refractivity contribution is -0.288. The van der Waals surface area contributed by atoms with Gasteiger partial charge in [-0.05, 0) is 97.9 Å². The highest BCUT2D eigenvalue weighted by atomic mass is 16.5. The molecule has 4 saturated carbocycles. The minimum Gasteiger partial charge on any atom is -0.462 e. The van der Waals surface area contributed by atoms with Crippen LogP contribution in [0.5, 0.6) is 0 Å². The van der Waals surface area contributed by atoms with E-state index < -0.39 is 6.10 Å². The molecule has 0 saturated heterocycles. The first-order valence-corrected chi connectivity index (χ1v) is 15.1. The Labute approximate surface area is 219 Å². The summed E-state index contributed by atoms with van der Waals surface area (Å²) in [5.74, 6) is 1.35. The molecule has 4 heteroatoms. The van der Waals surface area contributed by atoms with Crippen LogP contribution < -0.4 is 0 Å². The number of aliphatic hydroxyl groups is 1. The van der Waals surface area contributed by atoms with Crippen LogP contribution in [0, 0.1) is 45.3 Å². The number of hydrogen-bond donors (Lipinski definition) is 1. The fraction of sp³-hybridized carbons (Fsp3) is 0.875. The molecule has 1 spiro atoms. The smallest absolute Gasteiger partial charge is 0.306 e. The maximum Gasteiger partial charge on any atom is 0.306 e. The van der Waals surface area contributed by atoms with E-state index in [4.69, 9.17) is 4.74 Å². The van der Waals surface area contributed by atoms with E-state index in [1.807, 2.05) is 0 Å². The molecule has 36 heavy (non-hydrogen) atoms. The molecule has 5 rings (SSSR count). The maximum absolute atomic E-state index is 13.1. The highest BCUT2D eigenvalue weighted by Crippen LogP contribution is 2.76. The number of rotatable bonds is 6. The van der Waals surface area contributed by atoms with Gasteiger partial charge in [0.1, 0.15) is 6.10 Å². The van der Waals surface area contributed by atoms with Crippen LogP contribution in [0.15, 0.2) is 11.6 Å². The van der Waals surface area contributed by atoms with Crippen LogP contribution >= 0.6 is 0 Å². The lowest BCUT2D eigenvalue weighted by Gasteiger charge is -2.74. The quantitative estimate of drug-likeness (QED) is 0.399. The molecule has 0 amide bonds. The number of hydrogen-bond acceptors (Lipinski definition) is 4. The van der Waals surface area contributed by atoms with Gasteiger partial charge in [0.2, 0.25) is 0 Å². The van der Waals surface area contributed by atoms with Crippen LogP contribution in [0.4, 0.5) is 0 Å². The van der Waals surface area contributed by atoms with E-state index in [0.29, 0.717) is 36.0 Å². The van der Waals surface area contributed by atoms with Gasteiger partial charge in [-0.2, -0.15) is 0 Å². The van der Waals surface area contributed by atoms with Gasteiger partial charge in [0.25, 0.3) is 0 Å². The van der Waals surface area contributed by atoms with E-state index in [1.165, 1.54) is 38.5 Å². The van der Waals surface area contributed by atoms with Gasteiger partial charge in [-0.3, -0.25) is 9.59 Å². The summed E-state index contributed by atoms with van der Waals surface area (Å²) < 4.78 is 6.47. The third kappa shape index (κ3) is 3.48. The topological polar surface area (TPSA) is 63.6 Å². The fourth-order valence-corrected chi connectivity index (χ4v) is 11.1. The Morgan fingerprint density at radius 1 is 1.06 bits per heavy atom. The van der Waals surface area contributed by atoms with Crippen molar-refractivity contribution in [1.29, 1.82) is 0 Å². The maximum atomic E-state index is 13.1. The zero-order chi connectivity index (χ0) is 26.1. The second kappa shape index (κ2) is 8.95. The van der Waals surface area contributed by atoms with Crippen molar-refractivity contribution in [2.45, 2.75) is 131 Å². The number of esters is 1. The minimum absolute atomic E-state index is 0.0709. The Kier molecular flexibility index (Phi) is 6.58. The zero-order valence-corrected chi connectivity index (χ0v) is 23.7. The number of Topliss-reactive ketones (excluding diaryl/α,β-unsaturated/α-hetero) is 1. The van der Waals surface area contributed by atoms with Crippen LogP contribution in [0.3, 0.4) is 0 Å². The number of unbranched alkanes of at least 4 members (excludes halogenated alkanes) is 1. The molecule has 0 aromatic rings. The second-order valence-electron chi connectivity index (χ2n) is 14.2. The number of ketones is 1. The molecule has 0 bridgehead atoms. The number of allylic oxidation sites excluding steroid dienone is 1. The largest absolute Gasteiger partial charge is 0.462 e. The molecular formula is C32H50O4. The third-order valence-electron chi connectivity index (χ3n) is 12.8. The molecule has 5 aliphatic carbocycles. The third-order valence-corrected chi connectivity index (χ3v) is 12.8. The van der Waals surface area contributed by atoms with Gasteiger partial charge in [0.05, 0.1) is 6.10 Å². The Morgan fingerprint density at radius 2 is 1.78 bits per heavy atom. The van der Waals surface area contributed by atoms with Crippen molar-refractivity contribution in [3.05, 3.63) is 11.6 Å². The molecule has 10 atom stereocenters. The summed E-state index contributed by atoms with van der Waals surface area (Å²) in [4.78, 5) is 25.8. The van der Waals surface area contributed by atoms with Gasteiger partial charge in [0, 0.05) is 17.8 Å². The highest BCUT2D eigenvalue weighted by molar-refractivity contribution is 5.94. The van der Waals surface area contributed by atoms with Crippen LogP contribution in [-0.2, 0) is 14.3 Å². The standard InChI is InChI=1S/C32H50O4/c1-7-9-11-27(35)36-26-18-25-30(5)16-10-15-29(4,8-2)23(30)14-17-31(25,6)24-13-12-21(20(3)33)28-22(34)19-32(24,26)28/h12,22-26,28,34H,7-11,13-19H2,1-6H3/t22-,23+,24+,25-,26+,28-,29+,30+,31+,32-/m1/s1. The van der Waals surface area contributed by atoms with E-state index in [2.05, 4.69) is 40.7 Å². The van der Waals surface area contributed by atoms with Gasteiger partial charge < -0.3 is 9.84 Å². The summed E-state index contributed by atoms with van der Waals surface area (Å²) in [6, 6.07) is 0. The number of ether oxygens (including phenoxy) is 1. The summed E-state index contributed by atoms with van der Waals surface area (Å²) in [6.07, 6.45) is 13.8. The van der Waals surface area contributed by atoms with Crippen molar-refractivity contribution < 1.29 is 19.4 Å². The van der Waals surface area contributed by atoms with Crippen LogP contribution in [0.1, 0.15) is 119 Å². The summed E-state index contributed by atoms with van der Waals surface area (Å²) in [5.41, 5.74) is 1.27. The first-order chi connectivity index (χ1) is 17.0. The zero-order valence-electron chi connectivity index (χ0n) is 23.7. The SMILES string of the molecule is CCCCC(=O)O[C@H]1C[C@@H]2[C@@]3(C)CCC[C@](C)(CC)[C@@H]3CC[C@@]2(C)[C@@H]2CC=C(C(C)=O)[C@@H]3[C@H](O)C[C@@]132. The first kappa shape index (κ1) is 26.4. The molecule has 0 radical (unpaired) electrons. The van der Waals surface area contributed by atoms with Crippen molar-refractivity contribution in [2.24, 2.45) is 45.3 Å². The molecule has 4 fully saturated rings. The molecule has 202 valence electrons. The Balaban J connectivity index is 1.59. The molecule has 0 aliphatic heterocycles. The molecule has 0 heterocycles. The average Bonchev–Trinajstić information content (AvgIpc) is 2.82. The van der Waals surface area contributed by atoms with Gasteiger partial charge in [-0.1, -0.05) is 60.0 Å². The Bertz CT molecular complexity index is 938. The predicted octanol–water partition coefficient (Wildman–Crippen LogP) is 7.03. The molecular weight excluding hydrogens is 448 g/mol. The monoisotopic (exact) mass is 498 g/mol. The summed E-state index contributed by atoms with van der Waals surface area (Å²) in [5, 5.41) is 11.1. The van der Waals surface area contributed by atoms with Crippen molar-refractivity contribution >= 4 is 11.8 Å². The van der Waals surface area contributed by atoms with E-state index in [0.717, 1.165) is 31.3 Å². The molecule has 0 unspecified atom stereocenters. The first-order valence-electron chi connectivity index (χ1n) is 15.1. The van der Waals surface area contributed by atoms with E-state index >= 15 is 0 Å². The van der Waals surface area contributed by atoms with E-state index in [1.54, 1.807) is 6.92 Å². The molecule has 4 nitrogen and oxygen atoms in total. The highest BCUT2D eigenvalue weighted by Gasteiger charge is 2.74. The van der Waals surface area contributed by atoms with Crippen molar-refractivity contribution in [3.8, 4) is 0 Å². The van der Waals surface area contributed by atoms with Gasteiger partial charge in [0.15, 0.2) is 5.78 Å². The molecule has 0 aromatic carbocycles. The lowest BCUT2D eigenvalue weighted by atomic mass is 9.31. The number of carbonyl (C=O) groups is 2. The van der Waals surface area contributed by atoms with E-state index in [-0.39, 0.29) is 40.0 Å². The van der Waals surface area contributed by atoms with E-state index in [9.17, 15) is 14.7 Å². The number of aliphatic hydroxyl groups excluding tert-OH is 1. The van der Waals surface area contributed by atoms with Crippen LogP contribution in [-0.4, -0.2) is 29.1 Å². The second-order valence-corrected chi connectivity index (χ2v) is 14.2. The van der Waals surface area contributed by atoms with Crippen molar-refractivity contribution in [1.82, 2.24) is 0 Å². The van der Waals surface area contributed by atoms with Gasteiger partial charge in [-0.25, -0.2) is 0 Å². The molecule has 1 N–H and O–H groups in total. The number of carbonyl (C=O) groups excluding carboxylic acids is 2. The minimum atomic E-state index is -0.509. The Hall–Kier alpha value is -1.16. The summed E-state index contributed by atoms with van der Waals surface area (Å²) in [6.45, 7) is 13.8. The van der Waals surface area contributed by atoms with Gasteiger partial charge >= 0.3 is 5.97 Å². The normalized spacial score (nSPS) is 49.4. The van der Waals surface area contributed by atoms with Crippen LogP contribution in [0.25, 0.3) is 0 Å². The van der Waals surface area contributed by atoms with Gasteiger partial charge in [-0.15, -0.1) is 0 Å². The summed E-state index contributed by atoms with van der Waals surface area (Å²) >= 11 is 0. The average molecular weight is 499 g/mol. The van der Waals surface area contributed by atoms with Crippen LogP contribution in [0.2, 0.25) is 0 Å². The number of fused-ring (bicyclic) bond motifs is 4. The fourth-order valence-electron chi connectivity index (χ4n) is 11.1. The molecule has 0 aromatic heterocycles. The Morgan fingerprint density at radius 3 is 2.42 bits per heavy atom. The van der Waals surface area contributed by atoms with Crippen molar-refractivity contribution in [2.75, 3.05) is 0 Å². The lowest BCUT2D eigenvalue weighted by Crippen LogP contribution is -2.73. The summed E-state index contributed by atoms with van der Waals surface area (Å²) in [7, 11) is 0. The van der Waals surface area contributed by atoms with Crippen molar-refractivity contribution in [3.63, 3.8) is 0 Å². The molecule has 5 aliphatic rings. The predicted molar refractivity (Wildman–Crippen MR) is 142 cm³/mol.